The Morgan fingerprint density at radius 1 is 0.854 bits per heavy atom. The summed E-state index contributed by atoms with van der Waals surface area (Å²) in [5, 5.41) is 3.40. The number of nitrogens with zero attached hydrogens (tertiary/aromatic N) is 1. The van der Waals surface area contributed by atoms with Gasteiger partial charge in [-0.1, -0.05) is 23.8 Å². The van der Waals surface area contributed by atoms with E-state index >= 15 is 0 Å². The Balaban J connectivity index is 1.43. The van der Waals surface area contributed by atoms with Crippen LogP contribution in [0.3, 0.4) is 0 Å². The fourth-order valence-electron chi connectivity index (χ4n) is 6.63. The largest absolute Gasteiger partial charge is 0.493 e. The summed E-state index contributed by atoms with van der Waals surface area (Å²) in [7, 11) is 6.62. The number of carbonyl (C=O) groups excluding carboxylic acids is 1. The van der Waals surface area contributed by atoms with Gasteiger partial charge in [-0.3, -0.25) is 9.69 Å². The quantitative estimate of drug-likeness (QED) is 0.365. The number of hydrogen-bond acceptors (Lipinski definition) is 6. The number of amides is 1. The number of benzene rings is 3. The highest BCUT2D eigenvalue weighted by Gasteiger charge is 2.32. The molecule has 5 rings (SSSR count). The van der Waals surface area contributed by atoms with Crippen LogP contribution in [0.2, 0.25) is 0 Å². The van der Waals surface area contributed by atoms with Gasteiger partial charge in [0.05, 0.1) is 41.0 Å². The zero-order valence-corrected chi connectivity index (χ0v) is 25.1. The van der Waals surface area contributed by atoms with Gasteiger partial charge in [-0.25, -0.2) is 0 Å². The summed E-state index contributed by atoms with van der Waals surface area (Å²) in [4.78, 5) is 15.9. The minimum atomic E-state index is -0.0226. The highest BCUT2D eigenvalue weighted by molar-refractivity contribution is 5.79. The third kappa shape index (κ3) is 6.01. The number of nitrogens with one attached hydrogen (secondary N) is 1. The Morgan fingerprint density at radius 3 is 2.29 bits per heavy atom. The molecule has 0 bridgehead atoms. The van der Waals surface area contributed by atoms with Crippen molar-refractivity contribution < 1.29 is 23.7 Å². The first-order valence-electron chi connectivity index (χ1n) is 14.4. The topological polar surface area (TPSA) is 69.3 Å². The Labute approximate surface area is 243 Å². The number of carbonyl (C=O) groups is 1. The maximum Gasteiger partial charge on any atom is 0.234 e. The van der Waals surface area contributed by atoms with Crippen LogP contribution in [0.4, 0.5) is 0 Å². The molecule has 0 fully saturated rings. The van der Waals surface area contributed by atoms with E-state index in [0.29, 0.717) is 30.2 Å². The summed E-state index contributed by atoms with van der Waals surface area (Å²) in [6.45, 7) is 5.41. The third-order valence-electron chi connectivity index (χ3n) is 8.62. The van der Waals surface area contributed by atoms with Gasteiger partial charge in [0.1, 0.15) is 0 Å². The first-order chi connectivity index (χ1) is 19.8. The SMILES string of the molecule is COc1ccc(CC2c3cc(OC)c(OC)cc3CCN2CC(=O)NC2CCCc3c(C)cc(C)cc32)cc1OC. The van der Waals surface area contributed by atoms with Crippen LogP contribution in [-0.4, -0.2) is 52.3 Å². The molecule has 0 radical (unpaired) electrons. The van der Waals surface area contributed by atoms with E-state index in [1.54, 1.807) is 28.4 Å². The molecular weight excluding hydrogens is 516 g/mol. The van der Waals surface area contributed by atoms with Crippen molar-refractivity contribution in [3.05, 3.63) is 81.4 Å². The van der Waals surface area contributed by atoms with Crippen molar-refractivity contribution >= 4 is 5.91 Å². The van der Waals surface area contributed by atoms with Crippen molar-refractivity contribution in [3.8, 4) is 23.0 Å². The fourth-order valence-corrected chi connectivity index (χ4v) is 6.63. The molecule has 3 aromatic carbocycles. The van der Waals surface area contributed by atoms with Crippen molar-refractivity contribution in [2.75, 3.05) is 41.5 Å². The molecular formula is C34H42N2O5. The summed E-state index contributed by atoms with van der Waals surface area (Å²) < 4.78 is 22.3. The highest BCUT2D eigenvalue weighted by atomic mass is 16.5. The average molecular weight is 559 g/mol. The van der Waals surface area contributed by atoms with Gasteiger partial charge in [0.2, 0.25) is 5.91 Å². The second kappa shape index (κ2) is 12.4. The minimum Gasteiger partial charge on any atom is -0.493 e. The molecule has 1 aliphatic carbocycles. The summed E-state index contributed by atoms with van der Waals surface area (Å²) in [5.74, 6) is 2.87. The summed E-state index contributed by atoms with van der Waals surface area (Å²) >= 11 is 0. The van der Waals surface area contributed by atoms with Gasteiger partial charge < -0.3 is 24.3 Å². The van der Waals surface area contributed by atoms with Gasteiger partial charge >= 0.3 is 0 Å². The highest BCUT2D eigenvalue weighted by Crippen LogP contribution is 2.40. The van der Waals surface area contributed by atoms with Crippen LogP contribution in [-0.2, 0) is 24.1 Å². The van der Waals surface area contributed by atoms with E-state index in [0.717, 1.165) is 49.1 Å². The zero-order chi connectivity index (χ0) is 29.1. The molecule has 0 saturated heterocycles. The van der Waals surface area contributed by atoms with Crippen molar-refractivity contribution in [3.63, 3.8) is 0 Å². The molecule has 218 valence electrons. The Kier molecular flexibility index (Phi) is 8.74. The first kappa shape index (κ1) is 28.8. The third-order valence-corrected chi connectivity index (χ3v) is 8.62. The molecule has 3 aromatic rings. The van der Waals surface area contributed by atoms with Crippen LogP contribution in [0, 0.1) is 13.8 Å². The molecule has 0 spiro atoms. The number of aryl methyl sites for hydroxylation is 2. The molecule has 1 heterocycles. The lowest BCUT2D eigenvalue weighted by molar-refractivity contribution is -0.123. The second-order valence-electron chi connectivity index (χ2n) is 11.2. The maximum atomic E-state index is 13.6. The number of methoxy groups -OCH3 is 4. The van der Waals surface area contributed by atoms with E-state index in [9.17, 15) is 4.79 Å². The average Bonchev–Trinajstić information content (AvgIpc) is 2.97. The van der Waals surface area contributed by atoms with Crippen molar-refractivity contribution in [1.29, 1.82) is 0 Å². The fraction of sp³-hybridized carbons (Fsp3) is 0.441. The van der Waals surface area contributed by atoms with E-state index in [4.69, 9.17) is 18.9 Å². The predicted octanol–water partition coefficient (Wildman–Crippen LogP) is 5.67. The standard InChI is InChI=1S/C34H42N2O5/c1-21-14-22(2)25-8-7-9-28(27(25)15-21)35-34(37)20-36-13-12-24-18-32(40-5)33(41-6)19-26(24)29(36)16-23-10-11-30(38-3)31(17-23)39-4/h10-11,14-15,17-19,28-29H,7-9,12-13,16,20H2,1-6H3,(H,35,37). The van der Waals surface area contributed by atoms with E-state index in [2.05, 4.69) is 54.4 Å². The van der Waals surface area contributed by atoms with Gasteiger partial charge in [-0.15, -0.1) is 0 Å². The monoisotopic (exact) mass is 558 g/mol. The molecule has 1 aliphatic heterocycles. The van der Waals surface area contributed by atoms with Crippen LogP contribution in [0.15, 0.2) is 42.5 Å². The lowest BCUT2D eigenvalue weighted by Crippen LogP contribution is -2.44. The second-order valence-corrected chi connectivity index (χ2v) is 11.2. The van der Waals surface area contributed by atoms with Crippen LogP contribution in [0.1, 0.15) is 63.9 Å². The number of rotatable bonds is 9. The predicted molar refractivity (Wildman–Crippen MR) is 161 cm³/mol. The Hall–Kier alpha value is -3.71. The zero-order valence-electron chi connectivity index (χ0n) is 25.1. The smallest absolute Gasteiger partial charge is 0.234 e. The minimum absolute atomic E-state index is 0.0226. The molecule has 1 amide bonds. The van der Waals surface area contributed by atoms with Gasteiger partial charge in [0.25, 0.3) is 0 Å². The Bertz CT molecular complexity index is 1420. The van der Waals surface area contributed by atoms with Crippen LogP contribution >= 0.6 is 0 Å². The van der Waals surface area contributed by atoms with Crippen molar-refractivity contribution in [2.45, 2.75) is 58.0 Å². The van der Waals surface area contributed by atoms with Crippen LogP contribution in [0.25, 0.3) is 0 Å². The molecule has 7 heteroatoms. The van der Waals surface area contributed by atoms with E-state index in [-0.39, 0.29) is 18.0 Å². The lowest BCUT2D eigenvalue weighted by Gasteiger charge is -2.38. The van der Waals surface area contributed by atoms with Crippen LogP contribution in [0.5, 0.6) is 23.0 Å². The lowest BCUT2D eigenvalue weighted by atomic mass is 9.84. The molecule has 0 saturated carbocycles. The van der Waals surface area contributed by atoms with Crippen molar-refractivity contribution in [1.82, 2.24) is 10.2 Å². The number of fused-ring (bicyclic) bond motifs is 2. The van der Waals surface area contributed by atoms with Gasteiger partial charge in [0.15, 0.2) is 23.0 Å². The van der Waals surface area contributed by atoms with E-state index in [1.165, 1.54) is 27.8 Å². The van der Waals surface area contributed by atoms with Crippen LogP contribution < -0.4 is 24.3 Å². The maximum absolute atomic E-state index is 13.6. The van der Waals surface area contributed by atoms with Gasteiger partial charge in [-0.05, 0) is 104 Å². The molecule has 41 heavy (non-hydrogen) atoms. The molecule has 2 unspecified atom stereocenters. The number of hydrogen-bond donors (Lipinski definition) is 1. The van der Waals surface area contributed by atoms with Gasteiger partial charge in [0, 0.05) is 12.6 Å². The summed E-state index contributed by atoms with van der Waals surface area (Å²) in [6, 6.07) is 14.7. The molecule has 0 aromatic heterocycles. The molecule has 7 nitrogen and oxygen atoms in total. The normalized spacial score (nSPS) is 18.2. The Morgan fingerprint density at radius 2 is 1.56 bits per heavy atom. The van der Waals surface area contributed by atoms with Crippen molar-refractivity contribution in [2.24, 2.45) is 0 Å². The number of ether oxygens (including phenoxy) is 4. The van der Waals surface area contributed by atoms with Gasteiger partial charge in [-0.2, -0.15) is 0 Å². The summed E-state index contributed by atoms with van der Waals surface area (Å²) in [6.07, 6.45) is 4.67. The first-order valence-corrected chi connectivity index (χ1v) is 14.4. The molecule has 2 aliphatic rings. The van der Waals surface area contributed by atoms with E-state index < -0.39 is 0 Å². The summed E-state index contributed by atoms with van der Waals surface area (Å²) in [5.41, 5.74) is 8.73. The van der Waals surface area contributed by atoms with E-state index in [1.807, 2.05) is 12.1 Å². The molecule has 2 atom stereocenters. The molecule has 1 N–H and O–H groups in total.